The number of amidine groups is 1. The van der Waals surface area contributed by atoms with Crippen molar-refractivity contribution < 1.29 is 0 Å². The molecular weight excluding hydrogens is 212 g/mol. The van der Waals surface area contributed by atoms with Gasteiger partial charge in [-0.2, -0.15) is 0 Å². The van der Waals surface area contributed by atoms with Crippen molar-refractivity contribution in [2.45, 2.75) is 33.2 Å². The van der Waals surface area contributed by atoms with Crippen LogP contribution in [0.15, 0.2) is 17.3 Å². The zero-order valence-corrected chi connectivity index (χ0v) is 11.2. The highest BCUT2D eigenvalue weighted by Crippen LogP contribution is 2.17. The van der Waals surface area contributed by atoms with Gasteiger partial charge >= 0.3 is 0 Å². The van der Waals surface area contributed by atoms with E-state index in [9.17, 15) is 0 Å². The average Bonchev–Trinajstić information content (AvgIpc) is 2.63. The maximum atomic E-state index is 5.91. The predicted octanol–water partition coefficient (Wildman–Crippen LogP) is 1.25. The van der Waals surface area contributed by atoms with Crippen molar-refractivity contribution >= 4 is 5.84 Å². The molecule has 0 radical (unpaired) electrons. The summed E-state index contributed by atoms with van der Waals surface area (Å²) in [5, 5.41) is 0. The molecule has 0 spiro atoms. The molecular formula is C13H24N4. The highest BCUT2D eigenvalue weighted by Gasteiger charge is 2.22. The van der Waals surface area contributed by atoms with E-state index in [-0.39, 0.29) is 0 Å². The summed E-state index contributed by atoms with van der Waals surface area (Å²) in [6, 6.07) is 0.318. The van der Waals surface area contributed by atoms with Gasteiger partial charge in [0.05, 0.1) is 0 Å². The van der Waals surface area contributed by atoms with E-state index in [1.54, 1.807) is 0 Å². The second kappa shape index (κ2) is 4.69. The van der Waals surface area contributed by atoms with Gasteiger partial charge in [0.15, 0.2) is 0 Å². The first kappa shape index (κ1) is 12.4. The van der Waals surface area contributed by atoms with Crippen LogP contribution in [-0.2, 0) is 0 Å². The lowest BCUT2D eigenvalue weighted by atomic mass is 9.96. The fourth-order valence-electron chi connectivity index (χ4n) is 2.35. The van der Waals surface area contributed by atoms with Gasteiger partial charge in [0.2, 0.25) is 0 Å². The van der Waals surface area contributed by atoms with E-state index in [0.29, 0.717) is 11.5 Å². The van der Waals surface area contributed by atoms with Gasteiger partial charge in [-0.1, -0.05) is 20.8 Å². The lowest BCUT2D eigenvalue weighted by Gasteiger charge is -2.31. The molecule has 1 atom stereocenters. The molecule has 2 rings (SSSR count). The summed E-state index contributed by atoms with van der Waals surface area (Å²) in [4.78, 5) is 9.19. The standard InChI is InChI=1S/C13H24N4/c1-13(2,3)9-16-6-5-12(15-10-16)17-7-4-11(14)8-17/h5-6,11H,4,7-10,14H2,1-3H3/t11-/m0/s1. The van der Waals surface area contributed by atoms with E-state index in [1.165, 1.54) is 0 Å². The van der Waals surface area contributed by atoms with Crippen LogP contribution in [0.5, 0.6) is 0 Å². The maximum Gasteiger partial charge on any atom is 0.127 e. The summed E-state index contributed by atoms with van der Waals surface area (Å²) < 4.78 is 0. The molecule has 2 aliphatic heterocycles. The minimum absolute atomic E-state index is 0.313. The third-order valence-corrected chi connectivity index (χ3v) is 3.07. The number of hydrogen-bond acceptors (Lipinski definition) is 4. The van der Waals surface area contributed by atoms with Gasteiger partial charge in [0, 0.05) is 31.9 Å². The van der Waals surface area contributed by atoms with Crippen molar-refractivity contribution in [1.29, 1.82) is 0 Å². The van der Waals surface area contributed by atoms with Gasteiger partial charge in [-0.25, -0.2) is 4.99 Å². The highest BCUT2D eigenvalue weighted by molar-refractivity contribution is 5.93. The SMILES string of the molecule is CC(C)(C)CN1C=CC(N2CC[C@H](N)C2)=NC1. The summed E-state index contributed by atoms with van der Waals surface area (Å²) in [6.07, 6.45) is 5.36. The number of rotatable bonds is 1. The summed E-state index contributed by atoms with van der Waals surface area (Å²) in [6.45, 7) is 10.6. The zero-order valence-electron chi connectivity index (χ0n) is 11.2. The lowest BCUT2D eigenvalue weighted by Crippen LogP contribution is -2.36. The molecule has 0 aromatic carbocycles. The number of likely N-dealkylation sites (tertiary alicyclic amines) is 1. The first-order chi connectivity index (χ1) is 7.94. The Kier molecular flexibility index (Phi) is 3.43. The summed E-state index contributed by atoms with van der Waals surface area (Å²) >= 11 is 0. The van der Waals surface area contributed by atoms with E-state index in [4.69, 9.17) is 5.73 Å². The molecule has 0 aromatic rings. The molecule has 2 heterocycles. The van der Waals surface area contributed by atoms with Gasteiger partial charge < -0.3 is 15.5 Å². The minimum Gasteiger partial charge on any atom is -0.358 e. The van der Waals surface area contributed by atoms with Crippen LogP contribution in [0, 0.1) is 5.41 Å². The molecule has 2 N–H and O–H groups in total. The van der Waals surface area contributed by atoms with Gasteiger partial charge in [-0.05, 0) is 17.9 Å². The van der Waals surface area contributed by atoms with Crippen molar-refractivity contribution in [3.63, 3.8) is 0 Å². The van der Waals surface area contributed by atoms with Crippen LogP contribution in [0.2, 0.25) is 0 Å². The molecule has 0 unspecified atom stereocenters. The quantitative estimate of drug-likeness (QED) is 0.745. The van der Waals surface area contributed by atoms with Crippen molar-refractivity contribution in [1.82, 2.24) is 9.80 Å². The van der Waals surface area contributed by atoms with E-state index < -0.39 is 0 Å². The third-order valence-electron chi connectivity index (χ3n) is 3.07. The summed E-state index contributed by atoms with van der Waals surface area (Å²) in [5.41, 5.74) is 6.22. The molecule has 0 aliphatic carbocycles. The van der Waals surface area contributed by atoms with Gasteiger partial charge in [0.1, 0.15) is 12.5 Å². The Labute approximate surface area is 104 Å². The Morgan fingerprint density at radius 2 is 2.24 bits per heavy atom. The van der Waals surface area contributed by atoms with E-state index in [1.807, 2.05) is 0 Å². The van der Waals surface area contributed by atoms with Crippen LogP contribution in [-0.4, -0.2) is 48.0 Å². The van der Waals surface area contributed by atoms with Gasteiger partial charge in [-0.3, -0.25) is 0 Å². The smallest absolute Gasteiger partial charge is 0.127 e. The number of hydrogen-bond donors (Lipinski definition) is 1. The highest BCUT2D eigenvalue weighted by atomic mass is 15.3. The fourth-order valence-corrected chi connectivity index (χ4v) is 2.35. The second-order valence-electron chi connectivity index (χ2n) is 6.28. The number of aliphatic imine (C=N–C) groups is 1. The molecule has 0 saturated carbocycles. The first-order valence-electron chi connectivity index (χ1n) is 6.41. The van der Waals surface area contributed by atoms with Crippen molar-refractivity contribution in [3.8, 4) is 0 Å². The first-order valence-corrected chi connectivity index (χ1v) is 6.41. The van der Waals surface area contributed by atoms with E-state index in [2.05, 4.69) is 47.8 Å². The monoisotopic (exact) mass is 236 g/mol. The van der Waals surface area contributed by atoms with Crippen LogP contribution in [0.4, 0.5) is 0 Å². The van der Waals surface area contributed by atoms with Crippen molar-refractivity contribution in [3.05, 3.63) is 12.3 Å². The molecule has 96 valence electrons. The van der Waals surface area contributed by atoms with Crippen LogP contribution in [0.3, 0.4) is 0 Å². The molecule has 1 saturated heterocycles. The molecule has 1 fully saturated rings. The number of nitrogens with zero attached hydrogens (tertiary/aromatic N) is 3. The fraction of sp³-hybridized carbons (Fsp3) is 0.769. The molecule has 0 bridgehead atoms. The lowest BCUT2D eigenvalue weighted by molar-refractivity contribution is 0.253. The molecule has 4 nitrogen and oxygen atoms in total. The van der Waals surface area contributed by atoms with Crippen LogP contribution in [0.25, 0.3) is 0 Å². The topological polar surface area (TPSA) is 44.9 Å². The maximum absolute atomic E-state index is 5.91. The number of nitrogens with two attached hydrogens (primary N) is 1. The van der Waals surface area contributed by atoms with Gasteiger partial charge in [-0.15, -0.1) is 0 Å². The second-order valence-corrected chi connectivity index (χ2v) is 6.28. The zero-order chi connectivity index (χ0) is 12.5. The third kappa shape index (κ3) is 3.46. The predicted molar refractivity (Wildman–Crippen MR) is 71.8 cm³/mol. The molecule has 0 aromatic heterocycles. The average molecular weight is 236 g/mol. The van der Waals surface area contributed by atoms with E-state index >= 15 is 0 Å². The van der Waals surface area contributed by atoms with E-state index in [0.717, 1.165) is 38.6 Å². The van der Waals surface area contributed by atoms with Crippen molar-refractivity contribution in [2.75, 3.05) is 26.3 Å². The normalized spacial score (nSPS) is 25.4. The summed E-state index contributed by atoms with van der Waals surface area (Å²) in [5.74, 6) is 1.10. The summed E-state index contributed by atoms with van der Waals surface area (Å²) in [7, 11) is 0. The Hall–Kier alpha value is -1.03. The van der Waals surface area contributed by atoms with Crippen LogP contribution >= 0.6 is 0 Å². The Morgan fingerprint density at radius 1 is 1.47 bits per heavy atom. The molecule has 17 heavy (non-hydrogen) atoms. The van der Waals surface area contributed by atoms with Gasteiger partial charge in [0.25, 0.3) is 0 Å². The largest absolute Gasteiger partial charge is 0.358 e. The Morgan fingerprint density at radius 3 is 2.71 bits per heavy atom. The van der Waals surface area contributed by atoms with Crippen molar-refractivity contribution in [2.24, 2.45) is 16.1 Å². The molecule has 2 aliphatic rings. The molecule has 0 amide bonds. The minimum atomic E-state index is 0.313. The molecule has 4 heteroatoms. The Balaban J connectivity index is 1.88. The van der Waals surface area contributed by atoms with Crippen LogP contribution < -0.4 is 5.73 Å². The Bertz CT molecular complexity index is 327. The van der Waals surface area contributed by atoms with Crippen LogP contribution in [0.1, 0.15) is 27.2 Å².